The summed E-state index contributed by atoms with van der Waals surface area (Å²) in [5.74, 6) is -3.13. The van der Waals surface area contributed by atoms with Crippen molar-refractivity contribution in [2.45, 2.75) is 38.5 Å². The van der Waals surface area contributed by atoms with Crippen molar-refractivity contribution >= 4 is 17.3 Å². The van der Waals surface area contributed by atoms with Crippen LogP contribution < -0.4 is 11.1 Å². The van der Waals surface area contributed by atoms with Gasteiger partial charge in [0.25, 0.3) is 0 Å². The smallest absolute Gasteiger partial charge is 0.248 e. The quantitative estimate of drug-likeness (QED) is 0.808. The molecule has 3 nitrogen and oxygen atoms in total. The van der Waals surface area contributed by atoms with Gasteiger partial charge in [-0.1, -0.05) is 6.07 Å². The molecule has 0 atom stereocenters. The summed E-state index contributed by atoms with van der Waals surface area (Å²) in [5.41, 5.74) is 7.79. The predicted molar refractivity (Wildman–Crippen MR) is 71.1 cm³/mol. The molecule has 1 saturated carbocycles. The van der Waals surface area contributed by atoms with Crippen molar-refractivity contribution in [2.75, 3.05) is 11.1 Å². The Balaban J connectivity index is 2.00. The average Bonchev–Trinajstić information content (AvgIpc) is 2.33. The Labute approximate surface area is 111 Å². The first kappa shape index (κ1) is 13.8. The number of hydrogen-bond acceptors (Lipinski definition) is 2. The number of rotatable bonds is 2. The van der Waals surface area contributed by atoms with Gasteiger partial charge in [0.1, 0.15) is 0 Å². The van der Waals surface area contributed by atoms with E-state index in [4.69, 9.17) is 5.73 Å². The van der Waals surface area contributed by atoms with Crippen molar-refractivity contribution in [2.24, 2.45) is 5.92 Å². The Morgan fingerprint density at radius 3 is 2.63 bits per heavy atom. The summed E-state index contributed by atoms with van der Waals surface area (Å²) in [6.07, 6.45) is 0.0579. The van der Waals surface area contributed by atoms with E-state index >= 15 is 0 Å². The average molecular weight is 268 g/mol. The molecule has 1 aliphatic carbocycles. The van der Waals surface area contributed by atoms with Crippen molar-refractivity contribution in [1.29, 1.82) is 0 Å². The standard InChI is InChI=1S/C14H18F2N2O/c1-9-2-3-11(17)8-12(9)18-13(19)10-4-6-14(15,16)7-5-10/h2-3,8,10H,4-7,17H2,1H3,(H,18,19). The number of halogens is 2. The maximum Gasteiger partial charge on any atom is 0.248 e. The number of carbonyl (C=O) groups excluding carboxylic acids is 1. The van der Waals surface area contributed by atoms with Crippen LogP contribution in [0.2, 0.25) is 0 Å². The van der Waals surface area contributed by atoms with E-state index in [9.17, 15) is 13.6 Å². The van der Waals surface area contributed by atoms with Gasteiger partial charge in [-0.2, -0.15) is 0 Å². The lowest BCUT2D eigenvalue weighted by molar-refractivity contribution is -0.124. The zero-order chi connectivity index (χ0) is 14.0. The van der Waals surface area contributed by atoms with Gasteiger partial charge in [0.2, 0.25) is 11.8 Å². The number of amides is 1. The van der Waals surface area contributed by atoms with Crippen LogP contribution in [0.15, 0.2) is 18.2 Å². The number of nitrogens with two attached hydrogens (primary N) is 1. The summed E-state index contributed by atoms with van der Waals surface area (Å²) in [5, 5.41) is 2.78. The van der Waals surface area contributed by atoms with Crippen LogP contribution in [0.4, 0.5) is 20.2 Å². The van der Waals surface area contributed by atoms with Crippen LogP contribution in [0.5, 0.6) is 0 Å². The van der Waals surface area contributed by atoms with E-state index in [1.165, 1.54) is 0 Å². The number of nitrogen functional groups attached to an aromatic ring is 1. The second kappa shape index (κ2) is 5.15. The maximum atomic E-state index is 13.0. The molecular weight excluding hydrogens is 250 g/mol. The van der Waals surface area contributed by atoms with Gasteiger partial charge in [0.05, 0.1) is 0 Å². The zero-order valence-electron chi connectivity index (χ0n) is 10.9. The van der Waals surface area contributed by atoms with E-state index < -0.39 is 5.92 Å². The summed E-state index contributed by atoms with van der Waals surface area (Å²) in [6.45, 7) is 1.87. The van der Waals surface area contributed by atoms with Gasteiger partial charge in [-0.15, -0.1) is 0 Å². The van der Waals surface area contributed by atoms with Crippen LogP contribution in [0.3, 0.4) is 0 Å². The van der Waals surface area contributed by atoms with Crippen LogP contribution >= 0.6 is 0 Å². The van der Waals surface area contributed by atoms with Crippen LogP contribution in [-0.2, 0) is 4.79 Å². The van der Waals surface area contributed by atoms with Crippen molar-refractivity contribution in [1.82, 2.24) is 0 Å². The van der Waals surface area contributed by atoms with Gasteiger partial charge in [0.15, 0.2) is 0 Å². The third-order valence-electron chi connectivity index (χ3n) is 3.61. The third-order valence-corrected chi connectivity index (χ3v) is 3.61. The molecule has 0 aromatic heterocycles. The van der Waals surface area contributed by atoms with Gasteiger partial charge in [-0.05, 0) is 37.5 Å². The Hall–Kier alpha value is -1.65. The number of hydrogen-bond donors (Lipinski definition) is 2. The molecule has 1 fully saturated rings. The monoisotopic (exact) mass is 268 g/mol. The van der Waals surface area contributed by atoms with Gasteiger partial charge in [-0.3, -0.25) is 4.79 Å². The van der Waals surface area contributed by atoms with Gasteiger partial charge in [0, 0.05) is 30.1 Å². The van der Waals surface area contributed by atoms with Gasteiger partial charge < -0.3 is 11.1 Å². The van der Waals surface area contributed by atoms with Crippen molar-refractivity contribution in [3.05, 3.63) is 23.8 Å². The Bertz CT molecular complexity index is 478. The molecular formula is C14H18F2N2O. The molecule has 1 aromatic rings. The molecule has 1 aliphatic rings. The van der Waals surface area contributed by atoms with E-state index in [2.05, 4.69) is 5.32 Å². The lowest BCUT2D eigenvalue weighted by Gasteiger charge is -2.27. The molecule has 0 heterocycles. The summed E-state index contributed by atoms with van der Waals surface area (Å²) in [7, 11) is 0. The second-order valence-electron chi connectivity index (χ2n) is 5.19. The van der Waals surface area contributed by atoms with Crippen LogP contribution in [0, 0.1) is 12.8 Å². The minimum absolute atomic E-state index is 0.191. The molecule has 3 N–H and O–H groups in total. The van der Waals surface area contributed by atoms with E-state index in [-0.39, 0.29) is 37.5 Å². The molecule has 104 valence electrons. The highest BCUT2D eigenvalue weighted by Gasteiger charge is 2.37. The van der Waals surface area contributed by atoms with Crippen LogP contribution in [0.1, 0.15) is 31.2 Å². The molecule has 0 unspecified atom stereocenters. The topological polar surface area (TPSA) is 55.1 Å². The first-order valence-corrected chi connectivity index (χ1v) is 6.42. The highest BCUT2D eigenvalue weighted by molar-refractivity contribution is 5.93. The highest BCUT2D eigenvalue weighted by Crippen LogP contribution is 2.36. The van der Waals surface area contributed by atoms with Crippen LogP contribution in [-0.4, -0.2) is 11.8 Å². The number of aryl methyl sites for hydroxylation is 1. The Kier molecular flexibility index (Phi) is 3.73. The number of nitrogens with one attached hydrogen (secondary N) is 1. The molecule has 2 rings (SSSR count). The zero-order valence-corrected chi connectivity index (χ0v) is 10.9. The van der Waals surface area contributed by atoms with Crippen molar-refractivity contribution in [3.63, 3.8) is 0 Å². The third kappa shape index (κ3) is 3.43. The van der Waals surface area contributed by atoms with Crippen molar-refractivity contribution < 1.29 is 13.6 Å². The largest absolute Gasteiger partial charge is 0.399 e. The van der Waals surface area contributed by atoms with Gasteiger partial charge >= 0.3 is 0 Å². The van der Waals surface area contributed by atoms with Crippen molar-refractivity contribution in [3.8, 4) is 0 Å². The minimum Gasteiger partial charge on any atom is -0.399 e. The molecule has 19 heavy (non-hydrogen) atoms. The molecule has 5 heteroatoms. The number of alkyl halides is 2. The Morgan fingerprint density at radius 1 is 1.37 bits per heavy atom. The number of benzene rings is 1. The lowest BCUT2D eigenvalue weighted by atomic mass is 9.86. The Morgan fingerprint density at radius 2 is 2.00 bits per heavy atom. The molecule has 0 spiro atoms. The van der Waals surface area contributed by atoms with E-state index in [0.29, 0.717) is 11.4 Å². The van der Waals surface area contributed by atoms with Crippen LogP contribution in [0.25, 0.3) is 0 Å². The minimum atomic E-state index is -2.61. The summed E-state index contributed by atoms with van der Waals surface area (Å²) >= 11 is 0. The van der Waals surface area contributed by atoms with E-state index in [0.717, 1.165) is 5.56 Å². The molecule has 1 aromatic carbocycles. The second-order valence-corrected chi connectivity index (χ2v) is 5.19. The number of anilines is 2. The normalized spacial score (nSPS) is 19.1. The van der Waals surface area contributed by atoms with Gasteiger partial charge in [-0.25, -0.2) is 8.78 Å². The predicted octanol–water partition coefficient (Wildman–Crippen LogP) is 3.34. The highest BCUT2D eigenvalue weighted by atomic mass is 19.3. The molecule has 1 amide bonds. The fraction of sp³-hybridized carbons (Fsp3) is 0.500. The summed E-state index contributed by atoms with van der Waals surface area (Å²) in [4.78, 5) is 12.0. The molecule has 0 bridgehead atoms. The summed E-state index contributed by atoms with van der Waals surface area (Å²) < 4.78 is 26.1. The first-order chi connectivity index (χ1) is 8.87. The maximum absolute atomic E-state index is 13.0. The molecule has 0 saturated heterocycles. The first-order valence-electron chi connectivity index (χ1n) is 6.42. The lowest BCUT2D eigenvalue weighted by Crippen LogP contribution is -2.32. The van der Waals surface area contributed by atoms with E-state index in [1.807, 2.05) is 13.0 Å². The fourth-order valence-electron chi connectivity index (χ4n) is 2.31. The molecule has 0 radical (unpaired) electrons. The fourth-order valence-corrected chi connectivity index (χ4v) is 2.31. The molecule has 0 aliphatic heterocycles. The van der Waals surface area contributed by atoms with E-state index in [1.54, 1.807) is 12.1 Å². The summed E-state index contributed by atoms with van der Waals surface area (Å²) in [6, 6.07) is 5.26. The number of carbonyl (C=O) groups is 1. The SMILES string of the molecule is Cc1ccc(N)cc1NC(=O)C1CCC(F)(F)CC1.